The average molecular weight is 874 g/mol. The number of aromatic nitrogens is 3. The standard InChI is InChI=1S/C27H20F5N7O2S.C8H17NO.C7H12FN/c1-12(34)42-23-15(10-33)14(5-6-16(23)28)17-19(27(30,31)32)22-18-21(20(17)29)37-26(40-2)38-25(18)39(8-9-41-22)11-13-4-3-7-36-24(13)35;1-3-10-8-4-6-9(2)7-5-8;8-6-4-7-2-1-3-9(7)5-6/h3-7H,1,8-9,11,34H2,2H3,(H2,35,36);8H,3-7H2,1-2H3;6-7H,1-5H2. The first-order valence-corrected chi connectivity index (χ1v) is 20.8. The third kappa shape index (κ3) is 10.4. The van der Waals surface area contributed by atoms with Gasteiger partial charge in [-0.2, -0.15) is 28.4 Å². The van der Waals surface area contributed by atoms with Crippen molar-refractivity contribution in [3.63, 3.8) is 0 Å². The number of pyridine rings is 1. The van der Waals surface area contributed by atoms with Gasteiger partial charge >= 0.3 is 12.2 Å². The van der Waals surface area contributed by atoms with Crippen molar-refractivity contribution in [2.75, 3.05) is 70.7 Å². The molecule has 2 unspecified atom stereocenters. The van der Waals surface area contributed by atoms with Crippen LogP contribution in [0.25, 0.3) is 22.0 Å². The van der Waals surface area contributed by atoms with Crippen LogP contribution in [0.1, 0.15) is 55.7 Å². The summed E-state index contributed by atoms with van der Waals surface area (Å²) in [6.07, 6.45) is 2.06. The molecule has 0 spiro atoms. The Bertz CT molecular complexity index is 2240. The molecule has 2 aromatic heterocycles. The van der Waals surface area contributed by atoms with Crippen molar-refractivity contribution in [1.29, 1.82) is 5.26 Å². The number of thioether (sulfide) groups is 1. The summed E-state index contributed by atoms with van der Waals surface area (Å²) in [5.74, 6) is -3.06. The van der Waals surface area contributed by atoms with Crippen LogP contribution in [-0.2, 0) is 17.5 Å². The highest BCUT2D eigenvalue weighted by Crippen LogP contribution is 2.52. The van der Waals surface area contributed by atoms with Crippen LogP contribution >= 0.6 is 11.8 Å². The number of likely N-dealkylation sites (tertiary alicyclic amines) is 1. The van der Waals surface area contributed by atoms with Crippen LogP contribution in [-0.4, -0.2) is 103 Å². The molecular formula is C42H49F6N9O3S. The lowest BCUT2D eigenvalue weighted by Gasteiger charge is -2.28. The summed E-state index contributed by atoms with van der Waals surface area (Å²) in [5.41, 5.74) is 7.85. The lowest BCUT2D eigenvalue weighted by Crippen LogP contribution is -2.34. The zero-order chi connectivity index (χ0) is 44.0. The highest BCUT2D eigenvalue weighted by Gasteiger charge is 2.44. The van der Waals surface area contributed by atoms with Gasteiger partial charge < -0.3 is 35.5 Å². The predicted molar refractivity (Wildman–Crippen MR) is 222 cm³/mol. The number of hydrogen-bond donors (Lipinski definition) is 2. The number of benzene rings is 2. The highest BCUT2D eigenvalue weighted by atomic mass is 32.2. The van der Waals surface area contributed by atoms with Gasteiger partial charge in [0.15, 0.2) is 5.82 Å². The van der Waals surface area contributed by atoms with Gasteiger partial charge in [0, 0.05) is 61.7 Å². The Balaban J connectivity index is 0.000000265. The first-order chi connectivity index (χ1) is 29.1. The van der Waals surface area contributed by atoms with Gasteiger partial charge in [-0.15, -0.1) is 0 Å². The molecule has 3 fully saturated rings. The molecule has 0 radical (unpaired) electrons. The quantitative estimate of drug-likeness (QED) is 0.132. The van der Waals surface area contributed by atoms with Crippen molar-refractivity contribution < 1.29 is 40.6 Å². The topological polar surface area (TPSA) is 152 Å². The van der Waals surface area contributed by atoms with Gasteiger partial charge in [0.25, 0.3) is 0 Å². The minimum atomic E-state index is -5.20. The summed E-state index contributed by atoms with van der Waals surface area (Å²) in [7, 11) is 3.38. The Hall–Kier alpha value is -5.03. The number of hydrogen-bond acceptors (Lipinski definition) is 13. The van der Waals surface area contributed by atoms with Crippen molar-refractivity contribution in [2.45, 2.75) is 75.0 Å². The maximum Gasteiger partial charge on any atom is 0.420 e. The van der Waals surface area contributed by atoms with E-state index in [4.69, 9.17) is 25.7 Å². The number of halogens is 6. The number of alkyl halides is 4. The van der Waals surface area contributed by atoms with E-state index >= 15 is 4.39 Å². The van der Waals surface area contributed by atoms with E-state index < -0.39 is 62.4 Å². The lowest BCUT2D eigenvalue weighted by molar-refractivity contribution is -0.138. The van der Waals surface area contributed by atoms with Crippen molar-refractivity contribution in [2.24, 2.45) is 5.73 Å². The molecule has 0 bridgehead atoms. The van der Waals surface area contributed by atoms with Gasteiger partial charge in [0.05, 0.1) is 40.6 Å². The van der Waals surface area contributed by atoms with E-state index in [1.807, 2.05) is 0 Å². The molecule has 8 rings (SSSR count). The van der Waals surface area contributed by atoms with Crippen LogP contribution in [0, 0.1) is 23.0 Å². The fourth-order valence-corrected chi connectivity index (χ4v) is 8.77. The van der Waals surface area contributed by atoms with Crippen molar-refractivity contribution in [3.05, 3.63) is 70.4 Å². The number of ether oxygens (including phenoxy) is 3. The number of rotatable bonds is 8. The fraction of sp³-hybridized carbons (Fsp3) is 0.476. The van der Waals surface area contributed by atoms with E-state index in [0.29, 0.717) is 36.0 Å². The summed E-state index contributed by atoms with van der Waals surface area (Å²) in [4.78, 5) is 18.1. The highest BCUT2D eigenvalue weighted by molar-refractivity contribution is 8.03. The molecule has 4 aromatic rings. The fourth-order valence-electron chi connectivity index (χ4n) is 8.08. The monoisotopic (exact) mass is 873 g/mol. The van der Waals surface area contributed by atoms with Crippen LogP contribution in [0.5, 0.6) is 11.8 Å². The zero-order valence-electron chi connectivity index (χ0n) is 34.2. The molecule has 3 saturated heterocycles. The molecule has 61 heavy (non-hydrogen) atoms. The first kappa shape index (κ1) is 45.5. The Kier molecular flexibility index (Phi) is 14.8. The number of fused-ring (bicyclic) bond motifs is 1. The van der Waals surface area contributed by atoms with E-state index in [0.717, 1.165) is 31.7 Å². The summed E-state index contributed by atoms with van der Waals surface area (Å²) >= 11 is 0.526. The minimum absolute atomic E-state index is 0.0198. The number of nitrogen functional groups attached to an aromatic ring is 1. The number of nitriles is 1. The van der Waals surface area contributed by atoms with Crippen molar-refractivity contribution in [1.82, 2.24) is 24.8 Å². The Morgan fingerprint density at radius 1 is 1.11 bits per heavy atom. The Morgan fingerprint density at radius 2 is 1.87 bits per heavy atom. The summed E-state index contributed by atoms with van der Waals surface area (Å²) in [6, 6.07) is 6.98. The van der Waals surface area contributed by atoms with E-state index in [1.54, 1.807) is 23.1 Å². The zero-order valence-corrected chi connectivity index (χ0v) is 35.0. The van der Waals surface area contributed by atoms with Gasteiger partial charge in [-0.05, 0) is 70.8 Å². The first-order valence-electron chi connectivity index (χ1n) is 19.9. The number of anilines is 2. The smallest absolute Gasteiger partial charge is 0.420 e. The summed E-state index contributed by atoms with van der Waals surface area (Å²) in [6.45, 7) is 10.4. The molecule has 0 saturated carbocycles. The number of nitrogens with zero attached hydrogens (tertiary/aromatic N) is 7. The SMILES string of the molecule is C=C(N)Sc1c(F)ccc(-c2c(C(F)(F)F)c3c4c(nc(OC)nc4c2F)N(Cc2cccnc2N)CCO3)c1C#N.CCOC1CCN(C)CC1.FC1CC2CCCN2C1. The Morgan fingerprint density at radius 3 is 2.51 bits per heavy atom. The van der Waals surface area contributed by atoms with E-state index in [2.05, 4.69) is 45.3 Å². The van der Waals surface area contributed by atoms with Gasteiger partial charge in [0.1, 0.15) is 53.1 Å². The van der Waals surface area contributed by atoms with Gasteiger partial charge in [-0.1, -0.05) is 24.4 Å². The molecule has 12 nitrogen and oxygen atoms in total. The van der Waals surface area contributed by atoms with Gasteiger partial charge in [0.2, 0.25) is 0 Å². The molecule has 6 heterocycles. The molecule has 4 N–H and O–H groups in total. The average Bonchev–Trinajstić information content (AvgIpc) is 3.76. The molecule has 328 valence electrons. The molecule has 19 heteroatoms. The molecule has 0 aliphatic carbocycles. The molecular weight excluding hydrogens is 825 g/mol. The van der Waals surface area contributed by atoms with Crippen molar-refractivity contribution in [3.8, 4) is 29.0 Å². The second-order valence-corrected chi connectivity index (χ2v) is 16.2. The van der Waals surface area contributed by atoms with Gasteiger partial charge in [-0.3, -0.25) is 4.90 Å². The summed E-state index contributed by atoms with van der Waals surface area (Å²) < 4.78 is 105. The van der Waals surface area contributed by atoms with Gasteiger partial charge in [-0.25, -0.2) is 18.2 Å². The van der Waals surface area contributed by atoms with Crippen molar-refractivity contribution >= 4 is 34.3 Å². The van der Waals surface area contributed by atoms with Crippen LogP contribution in [0.15, 0.2) is 47.0 Å². The van der Waals surface area contributed by atoms with E-state index in [1.165, 1.54) is 52.1 Å². The Labute approximate surface area is 354 Å². The number of piperidine rings is 1. The molecule has 4 aliphatic heterocycles. The predicted octanol–water partition coefficient (Wildman–Crippen LogP) is 7.68. The van der Waals surface area contributed by atoms with E-state index in [-0.39, 0.29) is 47.8 Å². The van der Waals surface area contributed by atoms with E-state index in [9.17, 15) is 27.2 Å². The second kappa shape index (κ2) is 19.8. The number of methoxy groups -OCH3 is 1. The third-order valence-electron chi connectivity index (χ3n) is 10.9. The third-order valence-corrected chi connectivity index (χ3v) is 11.8. The van der Waals surface area contributed by atoms with Crippen LogP contribution in [0.3, 0.4) is 0 Å². The van der Waals surface area contributed by atoms with Crippen LogP contribution in [0.2, 0.25) is 0 Å². The van der Waals surface area contributed by atoms with Crippen LogP contribution in [0.4, 0.5) is 38.0 Å². The van der Waals surface area contributed by atoms with Crippen LogP contribution < -0.4 is 25.8 Å². The largest absolute Gasteiger partial charge is 0.490 e. The normalized spacial score (nSPS) is 19.2. The minimum Gasteiger partial charge on any atom is -0.490 e. The number of nitrogens with two attached hydrogens (primary N) is 2. The lowest BCUT2D eigenvalue weighted by atomic mass is 9.92. The second-order valence-electron chi connectivity index (χ2n) is 15.0. The maximum atomic E-state index is 16.5. The molecule has 2 atom stereocenters. The maximum absolute atomic E-state index is 16.5. The molecule has 4 aliphatic rings. The molecule has 0 amide bonds. The molecule has 2 aromatic carbocycles. The summed E-state index contributed by atoms with van der Waals surface area (Å²) in [5, 5.41) is 9.40.